The van der Waals surface area contributed by atoms with Crippen LogP contribution in [0, 0.1) is 0 Å². The summed E-state index contributed by atoms with van der Waals surface area (Å²) in [5.41, 5.74) is 0. The van der Waals surface area contributed by atoms with Gasteiger partial charge in [0.05, 0.1) is 25.4 Å². The van der Waals surface area contributed by atoms with Crippen LogP contribution in [-0.4, -0.2) is 40.3 Å². The van der Waals surface area contributed by atoms with Gasteiger partial charge >= 0.3 is 0 Å². The quantitative estimate of drug-likeness (QED) is 0.909. The number of hydrogen-bond donors (Lipinski definition) is 1. The van der Waals surface area contributed by atoms with Crippen LogP contribution in [0.2, 0.25) is 0 Å². The van der Waals surface area contributed by atoms with E-state index in [-0.39, 0.29) is 6.04 Å². The number of ether oxygens (including phenoxy) is 1. The Hall–Kier alpha value is -1.02. The van der Waals surface area contributed by atoms with Gasteiger partial charge in [-0.1, -0.05) is 6.07 Å². The monoisotopic (exact) mass is 337 g/mol. The highest BCUT2D eigenvalue weighted by Crippen LogP contribution is 2.40. The van der Waals surface area contributed by atoms with Crippen molar-refractivity contribution >= 4 is 28.0 Å². The zero-order valence-corrected chi connectivity index (χ0v) is 13.9. The van der Waals surface area contributed by atoms with E-state index < -0.39 is 6.10 Å². The maximum Gasteiger partial charge on any atom is 0.205 e. The largest absolute Gasteiger partial charge is 0.387 e. The second-order valence-corrected chi connectivity index (χ2v) is 7.61. The van der Waals surface area contributed by atoms with Gasteiger partial charge in [0.2, 0.25) is 5.13 Å². The van der Waals surface area contributed by atoms with Gasteiger partial charge in [0, 0.05) is 35.3 Å². The van der Waals surface area contributed by atoms with Crippen molar-refractivity contribution in [2.45, 2.75) is 37.3 Å². The van der Waals surface area contributed by atoms with Crippen LogP contribution in [0.5, 0.6) is 0 Å². The summed E-state index contributed by atoms with van der Waals surface area (Å²) in [6, 6.07) is 4.12. The highest BCUT2D eigenvalue weighted by atomic mass is 32.1. The summed E-state index contributed by atoms with van der Waals surface area (Å²) in [7, 11) is 0. The van der Waals surface area contributed by atoms with E-state index in [1.807, 2.05) is 17.5 Å². The van der Waals surface area contributed by atoms with Gasteiger partial charge in [-0.2, -0.15) is 4.37 Å². The van der Waals surface area contributed by atoms with Crippen LogP contribution in [-0.2, 0) is 4.74 Å². The molecule has 2 fully saturated rings. The first-order valence-electron chi connectivity index (χ1n) is 7.70. The van der Waals surface area contributed by atoms with Gasteiger partial charge in [0.1, 0.15) is 5.82 Å². The van der Waals surface area contributed by atoms with Gasteiger partial charge in [-0.05, 0) is 24.3 Å². The number of aliphatic hydroxyl groups is 1. The summed E-state index contributed by atoms with van der Waals surface area (Å²) >= 11 is 3.08. The van der Waals surface area contributed by atoms with Crippen molar-refractivity contribution < 1.29 is 9.84 Å². The fourth-order valence-electron chi connectivity index (χ4n) is 2.81. The molecule has 0 amide bonds. The molecule has 2 aliphatic rings. The lowest BCUT2D eigenvalue weighted by atomic mass is 10.1. The molecule has 1 saturated carbocycles. The molecule has 1 saturated heterocycles. The maximum absolute atomic E-state index is 10.4. The van der Waals surface area contributed by atoms with Crippen molar-refractivity contribution in [3.8, 4) is 0 Å². The number of anilines is 1. The number of morpholine rings is 1. The Kier molecular flexibility index (Phi) is 4.13. The number of aromatic nitrogens is 2. The van der Waals surface area contributed by atoms with Crippen LogP contribution in [0.15, 0.2) is 17.5 Å². The van der Waals surface area contributed by atoms with Crippen molar-refractivity contribution in [3.05, 3.63) is 28.2 Å². The molecule has 118 valence electrons. The molecule has 7 heteroatoms. The molecule has 5 nitrogen and oxygen atoms in total. The first-order valence-corrected chi connectivity index (χ1v) is 9.36. The van der Waals surface area contributed by atoms with Crippen molar-refractivity contribution in [2.24, 2.45) is 0 Å². The van der Waals surface area contributed by atoms with E-state index in [9.17, 15) is 5.11 Å². The van der Waals surface area contributed by atoms with Crippen LogP contribution >= 0.6 is 22.9 Å². The molecule has 22 heavy (non-hydrogen) atoms. The summed E-state index contributed by atoms with van der Waals surface area (Å²) in [5, 5.41) is 13.4. The molecule has 0 radical (unpaired) electrons. The fourth-order valence-corrected chi connectivity index (χ4v) is 4.38. The molecule has 1 aliphatic carbocycles. The lowest BCUT2D eigenvalue weighted by molar-refractivity contribution is 0.0688. The Bertz CT molecular complexity index is 612. The van der Waals surface area contributed by atoms with E-state index in [1.165, 1.54) is 24.4 Å². The highest BCUT2D eigenvalue weighted by Gasteiger charge is 2.32. The summed E-state index contributed by atoms with van der Waals surface area (Å²) < 4.78 is 10.1. The third-order valence-electron chi connectivity index (χ3n) is 4.21. The highest BCUT2D eigenvalue weighted by molar-refractivity contribution is 7.10. The van der Waals surface area contributed by atoms with Crippen LogP contribution in [0.3, 0.4) is 0 Å². The maximum atomic E-state index is 10.4. The van der Waals surface area contributed by atoms with Gasteiger partial charge in [0.15, 0.2) is 0 Å². The molecular formula is C15H19N3O2S2. The lowest BCUT2D eigenvalue weighted by Crippen LogP contribution is -2.46. The van der Waals surface area contributed by atoms with Crippen LogP contribution in [0.1, 0.15) is 42.0 Å². The second-order valence-electron chi connectivity index (χ2n) is 5.90. The molecule has 2 atom stereocenters. The normalized spacial score (nSPS) is 23.7. The number of aliphatic hydroxyl groups excluding tert-OH is 1. The number of nitrogens with zero attached hydrogens (tertiary/aromatic N) is 3. The topological polar surface area (TPSA) is 58.5 Å². The molecule has 0 bridgehead atoms. The van der Waals surface area contributed by atoms with E-state index in [0.717, 1.165) is 22.4 Å². The van der Waals surface area contributed by atoms with E-state index in [2.05, 4.69) is 9.27 Å². The third-order valence-corrected chi connectivity index (χ3v) is 5.95. The average Bonchev–Trinajstić information content (AvgIpc) is 3.05. The van der Waals surface area contributed by atoms with E-state index >= 15 is 0 Å². The minimum absolute atomic E-state index is 0.158. The first kappa shape index (κ1) is 14.6. The average molecular weight is 337 g/mol. The van der Waals surface area contributed by atoms with Gasteiger partial charge in [-0.25, -0.2) is 4.98 Å². The summed E-state index contributed by atoms with van der Waals surface area (Å²) in [4.78, 5) is 8.00. The molecule has 0 spiro atoms. The van der Waals surface area contributed by atoms with Crippen LogP contribution < -0.4 is 4.90 Å². The Morgan fingerprint density at radius 3 is 3.14 bits per heavy atom. The number of thiophene rings is 1. The van der Waals surface area contributed by atoms with Gasteiger partial charge < -0.3 is 14.7 Å². The Morgan fingerprint density at radius 2 is 2.36 bits per heavy atom. The smallest absolute Gasteiger partial charge is 0.205 e. The molecule has 3 heterocycles. The predicted molar refractivity (Wildman–Crippen MR) is 87.7 cm³/mol. The third kappa shape index (κ3) is 3.03. The SMILES string of the molecule is O[C@@H](C[C@@H]1COCCN1c1nc(C2CC2)ns1)c1cccs1. The summed E-state index contributed by atoms with van der Waals surface area (Å²) in [5.74, 6) is 1.59. The van der Waals surface area contributed by atoms with Crippen molar-refractivity contribution in [2.75, 3.05) is 24.7 Å². The minimum Gasteiger partial charge on any atom is -0.387 e. The first-order chi connectivity index (χ1) is 10.8. The predicted octanol–water partition coefficient (Wildman–Crippen LogP) is 2.81. The van der Waals surface area contributed by atoms with Gasteiger partial charge in [0.25, 0.3) is 0 Å². The van der Waals surface area contributed by atoms with Crippen LogP contribution in [0.4, 0.5) is 5.13 Å². The second kappa shape index (κ2) is 6.23. The zero-order valence-electron chi connectivity index (χ0n) is 12.2. The molecule has 0 aromatic carbocycles. The molecule has 2 aromatic heterocycles. The molecule has 1 N–H and O–H groups in total. The summed E-state index contributed by atoms with van der Waals surface area (Å²) in [6.45, 7) is 2.17. The zero-order chi connectivity index (χ0) is 14.9. The minimum atomic E-state index is -0.440. The molecule has 1 aliphatic heterocycles. The van der Waals surface area contributed by atoms with Crippen molar-refractivity contribution in [3.63, 3.8) is 0 Å². The molecule has 4 rings (SSSR count). The Balaban J connectivity index is 1.48. The molecular weight excluding hydrogens is 318 g/mol. The van der Waals surface area contributed by atoms with Gasteiger partial charge in [-0.3, -0.25) is 0 Å². The number of hydrogen-bond acceptors (Lipinski definition) is 7. The number of rotatable bonds is 5. The molecule has 0 unspecified atom stereocenters. The Labute approximate surface area is 137 Å². The van der Waals surface area contributed by atoms with Crippen molar-refractivity contribution in [1.82, 2.24) is 9.36 Å². The van der Waals surface area contributed by atoms with Crippen LogP contribution in [0.25, 0.3) is 0 Å². The van der Waals surface area contributed by atoms with E-state index in [4.69, 9.17) is 9.72 Å². The standard InChI is InChI=1S/C15H19N3O2S2/c19-12(13-2-1-7-21-13)8-11-9-20-6-5-18(11)15-16-14(17-22-15)10-3-4-10/h1-2,7,10-12,19H,3-6,8-9H2/t11-,12+/m1/s1. The van der Waals surface area contributed by atoms with Gasteiger partial charge in [-0.15, -0.1) is 11.3 Å². The lowest BCUT2D eigenvalue weighted by Gasteiger charge is -2.36. The van der Waals surface area contributed by atoms with E-state index in [1.54, 1.807) is 11.3 Å². The van der Waals surface area contributed by atoms with E-state index in [0.29, 0.717) is 25.6 Å². The fraction of sp³-hybridized carbons (Fsp3) is 0.600. The van der Waals surface area contributed by atoms with Crippen molar-refractivity contribution in [1.29, 1.82) is 0 Å². The Morgan fingerprint density at radius 1 is 1.45 bits per heavy atom. The molecule has 2 aromatic rings. The summed E-state index contributed by atoms with van der Waals surface area (Å²) in [6.07, 6.45) is 2.67.